The van der Waals surface area contributed by atoms with Crippen molar-refractivity contribution in [3.8, 4) is 0 Å². The number of carbonyl (C=O) groups is 3. The van der Waals surface area contributed by atoms with E-state index in [9.17, 15) is 19.5 Å². The van der Waals surface area contributed by atoms with Crippen LogP contribution in [0, 0.1) is 22.7 Å². The van der Waals surface area contributed by atoms with Gasteiger partial charge in [-0.15, -0.1) is 0 Å². The molecule has 4 fully saturated rings. The zero-order valence-electron chi connectivity index (χ0n) is 25.9. The highest BCUT2D eigenvalue weighted by Crippen LogP contribution is 2.72. The molecule has 1 heterocycles. The molecule has 1 aliphatic heterocycles. The van der Waals surface area contributed by atoms with Crippen LogP contribution in [0.4, 0.5) is 13.6 Å². The number of ether oxygens (including phenoxy) is 3. The molecule has 10 atom stereocenters. The molecule has 5 rings (SSSR count). The molecule has 4 aliphatic carbocycles. The molecule has 1 unspecified atom stereocenters. The molecule has 3 saturated carbocycles. The van der Waals surface area contributed by atoms with Gasteiger partial charge in [-0.3, -0.25) is 9.59 Å². The second-order valence-corrected chi connectivity index (χ2v) is 13.2. The van der Waals surface area contributed by atoms with Crippen LogP contribution in [-0.4, -0.2) is 96.4 Å². The van der Waals surface area contributed by atoms with Crippen molar-refractivity contribution < 1.29 is 42.5 Å². The number of alkyl halides is 2. The van der Waals surface area contributed by atoms with Crippen molar-refractivity contribution in [3.63, 3.8) is 0 Å². The van der Waals surface area contributed by atoms with E-state index in [1.165, 1.54) is 17.1 Å². The lowest BCUT2D eigenvalue weighted by molar-refractivity contribution is -0.234. The first-order valence-electron chi connectivity index (χ1n) is 15.8. The Hall–Kier alpha value is -2.21. The van der Waals surface area contributed by atoms with Gasteiger partial charge in [-0.2, -0.15) is 0 Å². The van der Waals surface area contributed by atoms with E-state index in [4.69, 9.17) is 14.2 Å². The van der Waals surface area contributed by atoms with Gasteiger partial charge >= 0.3 is 6.09 Å². The fourth-order valence-electron chi connectivity index (χ4n) is 8.98. The molecule has 0 bridgehead atoms. The van der Waals surface area contributed by atoms with Gasteiger partial charge in [0.25, 0.3) is 0 Å². The number of nitrogens with zero attached hydrogens (tertiary/aromatic N) is 1. The normalized spacial score (nSPS) is 42.9. The van der Waals surface area contributed by atoms with E-state index in [-0.39, 0.29) is 24.8 Å². The first kappa shape index (κ1) is 32.2. The summed E-state index contributed by atoms with van der Waals surface area (Å²) >= 11 is 0. The van der Waals surface area contributed by atoms with Crippen molar-refractivity contribution in [2.24, 2.45) is 22.7 Å². The van der Waals surface area contributed by atoms with Gasteiger partial charge in [0, 0.05) is 36.4 Å². The Morgan fingerprint density at radius 1 is 1.21 bits per heavy atom. The van der Waals surface area contributed by atoms with Crippen LogP contribution in [0.5, 0.6) is 0 Å². The predicted octanol–water partition coefficient (Wildman–Crippen LogP) is 3.83. The lowest BCUT2D eigenvalue weighted by Crippen LogP contribution is -2.71. The summed E-state index contributed by atoms with van der Waals surface area (Å²) in [6.07, 6.45) is -0.373. The van der Waals surface area contributed by atoms with Crippen LogP contribution >= 0.6 is 0 Å². The SMILES string of the molecule is CCCC1O[C@@H]2C[C@H]3[C@@H]4C[C@H](F)C5=CC(=O)C=C[C@]5(C)[C@@]4(F)[C@@H](O)C[C@]3(C)[C@]2(C(=O)COC(=O)N(CC)CCNCC)O1. The molecule has 9 nitrogen and oxygen atoms in total. The second kappa shape index (κ2) is 11.6. The smallest absolute Gasteiger partial charge is 0.410 e. The first-order chi connectivity index (χ1) is 20.3. The first-order valence-corrected chi connectivity index (χ1v) is 15.8. The topological polar surface area (TPSA) is 114 Å². The van der Waals surface area contributed by atoms with Gasteiger partial charge < -0.3 is 29.5 Å². The zero-order valence-corrected chi connectivity index (χ0v) is 25.9. The highest BCUT2D eigenvalue weighted by Gasteiger charge is 2.80. The molecule has 43 heavy (non-hydrogen) atoms. The largest absolute Gasteiger partial charge is 0.441 e. The fraction of sp³-hybridized carbons (Fsp3) is 0.781. The molecule has 2 N–H and O–H groups in total. The summed E-state index contributed by atoms with van der Waals surface area (Å²) in [5.74, 6) is -2.47. The Bertz CT molecular complexity index is 1200. The summed E-state index contributed by atoms with van der Waals surface area (Å²) in [5.41, 5.74) is -6.51. The molecule has 240 valence electrons. The number of allylic oxidation sites excluding steroid dienone is 4. The van der Waals surface area contributed by atoms with E-state index in [1.54, 1.807) is 13.8 Å². The maximum absolute atomic E-state index is 17.6. The van der Waals surface area contributed by atoms with Crippen LogP contribution < -0.4 is 5.32 Å². The van der Waals surface area contributed by atoms with E-state index in [1.807, 2.05) is 20.8 Å². The summed E-state index contributed by atoms with van der Waals surface area (Å²) in [6.45, 7) is 10.7. The molecule has 0 aromatic heterocycles. The molecule has 0 aromatic carbocycles. The maximum atomic E-state index is 17.6. The van der Waals surface area contributed by atoms with E-state index in [0.29, 0.717) is 26.1 Å². The molecule has 5 aliphatic rings. The highest BCUT2D eigenvalue weighted by molar-refractivity contribution is 6.01. The summed E-state index contributed by atoms with van der Waals surface area (Å²) < 4.78 is 51.7. The van der Waals surface area contributed by atoms with Crippen LogP contribution in [0.15, 0.2) is 23.8 Å². The average Bonchev–Trinajstić information content (AvgIpc) is 3.45. The van der Waals surface area contributed by atoms with Crippen molar-refractivity contribution in [2.75, 3.05) is 32.8 Å². The fourth-order valence-corrected chi connectivity index (χ4v) is 8.98. The van der Waals surface area contributed by atoms with Gasteiger partial charge in [-0.25, -0.2) is 13.6 Å². The number of ketones is 2. The number of rotatable bonds is 10. The third kappa shape index (κ3) is 4.63. The van der Waals surface area contributed by atoms with Gasteiger partial charge in [0.2, 0.25) is 5.78 Å². The van der Waals surface area contributed by atoms with Gasteiger partial charge in [0.15, 0.2) is 29.9 Å². The quantitative estimate of drug-likeness (QED) is 0.360. The number of likely N-dealkylation sites (N-methyl/N-ethyl adjacent to an activating group) is 2. The van der Waals surface area contributed by atoms with Crippen LogP contribution in [0.1, 0.15) is 66.7 Å². The van der Waals surface area contributed by atoms with Crippen molar-refractivity contribution in [1.82, 2.24) is 10.2 Å². The number of Topliss-reactive ketones (excluding diaryl/α,β-unsaturated/α-hetero) is 1. The Kier molecular flexibility index (Phi) is 8.70. The molecular weight excluding hydrogens is 562 g/mol. The summed E-state index contributed by atoms with van der Waals surface area (Å²) in [4.78, 5) is 40.8. The van der Waals surface area contributed by atoms with Crippen molar-refractivity contribution in [2.45, 2.75) is 103 Å². The van der Waals surface area contributed by atoms with Gasteiger partial charge in [0.1, 0.15) is 6.17 Å². The standard InChI is InChI=1S/C32H46F2N2O7/c1-6-9-27-42-26-16-20-21-15-23(33)22-14-19(37)10-11-29(22,4)31(21,34)24(38)17-30(20,5)32(26,43-27)25(39)18-41-28(40)36(8-3)13-12-35-7-2/h10-11,14,20-21,23-24,26-27,35,38H,6-9,12-13,15-18H2,1-5H3/t20-,21-,23-,24-,26+,27?,29-,30-,31-,32+/m0/s1. The monoisotopic (exact) mass is 608 g/mol. The number of aliphatic hydroxyl groups is 1. The summed E-state index contributed by atoms with van der Waals surface area (Å²) in [6, 6.07) is 0. The number of nitrogens with one attached hydrogen (secondary N) is 1. The number of amides is 1. The number of aliphatic hydroxyl groups excluding tert-OH is 1. The Balaban J connectivity index is 1.47. The molecule has 0 aromatic rings. The maximum Gasteiger partial charge on any atom is 0.410 e. The average molecular weight is 609 g/mol. The highest BCUT2D eigenvalue weighted by atomic mass is 19.1. The van der Waals surface area contributed by atoms with Gasteiger partial charge in [-0.05, 0) is 69.7 Å². The Morgan fingerprint density at radius 3 is 2.63 bits per heavy atom. The van der Waals surface area contributed by atoms with Crippen LogP contribution in [0.3, 0.4) is 0 Å². The molecular formula is C32H46F2N2O7. The molecule has 1 saturated heterocycles. The molecule has 11 heteroatoms. The minimum absolute atomic E-state index is 0.0439. The third-order valence-electron chi connectivity index (χ3n) is 11.1. The number of hydrogen-bond donors (Lipinski definition) is 2. The zero-order chi connectivity index (χ0) is 31.4. The number of fused-ring (bicyclic) bond motifs is 7. The van der Waals surface area contributed by atoms with Crippen LogP contribution in [0.2, 0.25) is 0 Å². The van der Waals surface area contributed by atoms with E-state index < -0.39 is 82.9 Å². The van der Waals surface area contributed by atoms with Gasteiger partial charge in [-0.1, -0.05) is 33.3 Å². The third-order valence-corrected chi connectivity index (χ3v) is 11.1. The lowest BCUT2D eigenvalue weighted by Gasteiger charge is -2.63. The molecule has 0 spiro atoms. The van der Waals surface area contributed by atoms with Crippen molar-refractivity contribution >= 4 is 17.7 Å². The van der Waals surface area contributed by atoms with Crippen LogP contribution in [-0.2, 0) is 23.8 Å². The summed E-state index contributed by atoms with van der Waals surface area (Å²) in [7, 11) is 0. The summed E-state index contributed by atoms with van der Waals surface area (Å²) in [5, 5.41) is 14.9. The van der Waals surface area contributed by atoms with Crippen molar-refractivity contribution in [1.29, 1.82) is 0 Å². The lowest BCUT2D eigenvalue weighted by atomic mass is 9.44. The minimum atomic E-state index is -2.28. The number of carbonyl (C=O) groups excluding carboxylic acids is 3. The Morgan fingerprint density at radius 2 is 1.95 bits per heavy atom. The molecule has 0 radical (unpaired) electrons. The van der Waals surface area contributed by atoms with Crippen molar-refractivity contribution in [3.05, 3.63) is 23.8 Å². The van der Waals surface area contributed by atoms with E-state index in [2.05, 4.69) is 5.32 Å². The number of hydrogen-bond acceptors (Lipinski definition) is 8. The molecule has 1 amide bonds. The second-order valence-electron chi connectivity index (χ2n) is 13.2. The van der Waals surface area contributed by atoms with E-state index in [0.717, 1.165) is 19.0 Å². The number of halogens is 2. The predicted molar refractivity (Wildman–Crippen MR) is 154 cm³/mol. The van der Waals surface area contributed by atoms with E-state index >= 15 is 8.78 Å². The van der Waals surface area contributed by atoms with Gasteiger partial charge in [0.05, 0.1) is 12.2 Å². The Labute approximate surface area is 252 Å². The minimum Gasteiger partial charge on any atom is -0.441 e. The van der Waals surface area contributed by atoms with Crippen LogP contribution in [0.25, 0.3) is 0 Å².